The second-order valence-corrected chi connectivity index (χ2v) is 4.18. The molecule has 0 amide bonds. The van der Waals surface area contributed by atoms with Crippen LogP contribution in [-0.4, -0.2) is 0 Å². The van der Waals surface area contributed by atoms with Crippen molar-refractivity contribution in [1.82, 2.24) is 0 Å². The molecule has 88 valence electrons. The Kier molecular flexibility index (Phi) is 2.38. The summed E-state index contributed by atoms with van der Waals surface area (Å²) in [6.45, 7) is 0. The van der Waals surface area contributed by atoms with Gasteiger partial charge in [-0.2, -0.15) is 0 Å². The summed E-state index contributed by atoms with van der Waals surface area (Å²) in [4.78, 5) is 0. The average Bonchev–Trinajstić information content (AvgIpc) is 2.38. The molecule has 1 aromatic heterocycles. The zero-order valence-corrected chi connectivity index (χ0v) is 9.76. The van der Waals surface area contributed by atoms with Crippen molar-refractivity contribution in [3.8, 4) is 11.1 Å². The van der Waals surface area contributed by atoms with Crippen LogP contribution in [0.15, 0.2) is 59.0 Å². The first kappa shape index (κ1) is 10.6. The van der Waals surface area contributed by atoms with Crippen LogP contribution in [-0.2, 0) is 0 Å². The van der Waals surface area contributed by atoms with Gasteiger partial charge in [-0.1, -0.05) is 30.3 Å². The largest absolute Gasteiger partial charge is 0.405 e. The highest BCUT2D eigenvalue weighted by Crippen LogP contribution is 2.27. The maximum Gasteiger partial charge on any atom is 0.365 e. The Morgan fingerprint density at radius 1 is 0.944 bits per heavy atom. The maximum atomic E-state index is 5.80. The summed E-state index contributed by atoms with van der Waals surface area (Å²) < 4.78 is 5.50. The van der Waals surface area contributed by atoms with E-state index in [9.17, 15) is 0 Å². The van der Waals surface area contributed by atoms with Gasteiger partial charge in [0.2, 0.25) is 0 Å². The molecule has 2 aromatic carbocycles. The molecule has 3 nitrogen and oxygen atoms in total. The van der Waals surface area contributed by atoms with Crippen molar-refractivity contribution < 1.29 is 9.83 Å². The Bertz CT molecular complexity index is 760. The predicted molar refractivity (Wildman–Crippen MR) is 71.1 cm³/mol. The van der Waals surface area contributed by atoms with Crippen molar-refractivity contribution in [2.24, 2.45) is 0 Å². The zero-order chi connectivity index (χ0) is 12.5. The third-order valence-electron chi connectivity index (χ3n) is 2.90. The average molecular weight is 237 g/mol. The molecule has 0 atom stereocenters. The predicted octanol–water partition coefficient (Wildman–Crippen LogP) is 1.34. The van der Waals surface area contributed by atoms with Gasteiger partial charge in [-0.05, 0) is 17.7 Å². The molecular formula is C15H13N2O+. The number of nitrogen functional groups attached to an aromatic ring is 1. The highest BCUT2D eigenvalue weighted by molar-refractivity contribution is 5.94. The van der Waals surface area contributed by atoms with E-state index < -0.39 is 0 Å². The lowest BCUT2D eigenvalue weighted by atomic mass is 10.0. The van der Waals surface area contributed by atoms with E-state index in [2.05, 4.69) is 0 Å². The minimum Gasteiger partial charge on any atom is -0.405 e. The lowest BCUT2D eigenvalue weighted by molar-refractivity contribution is -0.197. The lowest BCUT2D eigenvalue weighted by Crippen LogP contribution is -2.44. The fourth-order valence-electron chi connectivity index (χ4n) is 2.08. The van der Waals surface area contributed by atoms with Gasteiger partial charge in [0, 0.05) is 22.7 Å². The van der Waals surface area contributed by atoms with Crippen molar-refractivity contribution in [1.29, 1.82) is 0 Å². The highest BCUT2D eigenvalue weighted by Gasteiger charge is 2.08. The lowest BCUT2D eigenvalue weighted by Gasteiger charge is -2.05. The Hall–Kier alpha value is -2.55. The van der Waals surface area contributed by atoms with Crippen LogP contribution in [0, 0.1) is 0 Å². The summed E-state index contributed by atoms with van der Waals surface area (Å²) in [5.41, 5.74) is 9.67. The first-order chi connectivity index (χ1) is 8.74. The summed E-state index contributed by atoms with van der Waals surface area (Å²) >= 11 is 0. The van der Waals surface area contributed by atoms with Crippen LogP contribution in [0.5, 0.6) is 0 Å². The molecule has 0 fully saturated rings. The third-order valence-corrected chi connectivity index (χ3v) is 2.90. The van der Waals surface area contributed by atoms with E-state index in [1.165, 1.54) is 0 Å². The van der Waals surface area contributed by atoms with E-state index in [0.29, 0.717) is 16.8 Å². The van der Waals surface area contributed by atoms with E-state index in [4.69, 9.17) is 15.6 Å². The van der Waals surface area contributed by atoms with Gasteiger partial charge in [0.1, 0.15) is 5.58 Å². The van der Waals surface area contributed by atoms with Gasteiger partial charge in [0.05, 0.1) is 6.07 Å². The van der Waals surface area contributed by atoms with Crippen LogP contribution < -0.4 is 16.7 Å². The molecule has 0 bridgehead atoms. The molecule has 0 spiro atoms. The van der Waals surface area contributed by atoms with Crippen LogP contribution in [0.4, 0.5) is 5.69 Å². The number of anilines is 1. The molecule has 0 unspecified atom stereocenters. The third kappa shape index (κ3) is 1.76. The minimum atomic E-state index is 0.381. The molecule has 0 radical (unpaired) electrons. The maximum absolute atomic E-state index is 5.80. The molecule has 0 aliphatic rings. The molecule has 0 aliphatic carbocycles. The normalized spacial score (nSPS) is 10.7. The number of rotatable bonds is 1. The second kappa shape index (κ2) is 4.04. The highest BCUT2D eigenvalue weighted by atomic mass is 16.3. The molecule has 0 saturated carbocycles. The monoisotopic (exact) mass is 237 g/mol. The number of nitrogens with two attached hydrogens (primary N) is 2. The van der Waals surface area contributed by atoms with Crippen LogP contribution in [0.25, 0.3) is 22.1 Å². The van der Waals surface area contributed by atoms with Crippen molar-refractivity contribution >= 4 is 16.7 Å². The van der Waals surface area contributed by atoms with Gasteiger partial charge in [0.15, 0.2) is 0 Å². The molecule has 4 N–H and O–H groups in total. The fourth-order valence-corrected chi connectivity index (χ4v) is 2.08. The van der Waals surface area contributed by atoms with Crippen molar-refractivity contribution in [3.05, 3.63) is 60.2 Å². The Morgan fingerprint density at radius 2 is 1.72 bits per heavy atom. The minimum absolute atomic E-state index is 0.381. The number of fused-ring (bicyclic) bond motifs is 1. The molecule has 3 rings (SSSR count). The smallest absolute Gasteiger partial charge is 0.365 e. The Balaban J connectivity index is 2.39. The molecule has 3 heteroatoms. The summed E-state index contributed by atoms with van der Waals surface area (Å²) in [6, 6.07) is 17.5. The summed E-state index contributed by atoms with van der Waals surface area (Å²) in [5.74, 6) is 0. The van der Waals surface area contributed by atoms with Crippen molar-refractivity contribution in [2.45, 2.75) is 0 Å². The van der Waals surface area contributed by atoms with Crippen LogP contribution >= 0.6 is 0 Å². The summed E-state index contributed by atoms with van der Waals surface area (Å²) in [7, 11) is 0. The van der Waals surface area contributed by atoms with E-state index >= 15 is 0 Å². The number of benzene rings is 2. The molecule has 3 aromatic rings. The molecule has 1 heterocycles. The van der Waals surface area contributed by atoms with Crippen molar-refractivity contribution in [2.75, 3.05) is 5.73 Å². The first-order valence-corrected chi connectivity index (χ1v) is 5.71. The Morgan fingerprint density at radius 3 is 2.50 bits per heavy atom. The van der Waals surface area contributed by atoms with Gasteiger partial charge in [-0.25, -0.2) is 5.41 Å². The van der Waals surface area contributed by atoms with Crippen LogP contribution in [0.3, 0.4) is 0 Å². The second-order valence-electron chi connectivity index (χ2n) is 4.18. The molecule has 18 heavy (non-hydrogen) atoms. The molecule has 0 aliphatic heterocycles. The Labute approximate surface area is 104 Å². The number of hydrogen-bond donors (Lipinski definition) is 2. The van der Waals surface area contributed by atoms with Crippen LogP contribution in [0.2, 0.25) is 0 Å². The van der Waals surface area contributed by atoms with E-state index in [-0.39, 0.29) is 0 Å². The number of hydrogen-bond acceptors (Lipinski definition) is 2. The molecule has 0 saturated heterocycles. The first-order valence-electron chi connectivity index (χ1n) is 5.71. The standard InChI is InChI=1S/C15H12N2O/c16-11-6-7-12-13(10-4-2-1-3-5-10)9-15(17)18-14(12)8-11/h1-9,17H,16H2/p+1. The van der Waals surface area contributed by atoms with Gasteiger partial charge in [-0.15, -0.1) is 0 Å². The van der Waals surface area contributed by atoms with Crippen molar-refractivity contribution in [3.63, 3.8) is 0 Å². The summed E-state index contributed by atoms with van der Waals surface area (Å²) in [5, 5.41) is 6.81. The molecular weight excluding hydrogens is 224 g/mol. The summed E-state index contributed by atoms with van der Waals surface area (Å²) in [6.07, 6.45) is 0. The van der Waals surface area contributed by atoms with Gasteiger partial charge in [-0.3, -0.25) is 0 Å². The van der Waals surface area contributed by atoms with E-state index in [0.717, 1.165) is 16.5 Å². The SMILES string of the molecule is Nc1ccc2c(-c3ccccc3)cc(=[NH2+])oc2c1. The fraction of sp³-hybridized carbons (Fsp3) is 0. The topological polar surface area (TPSA) is 64.8 Å². The quantitative estimate of drug-likeness (QED) is 0.627. The van der Waals surface area contributed by atoms with E-state index in [1.54, 1.807) is 6.07 Å². The van der Waals surface area contributed by atoms with Gasteiger partial charge < -0.3 is 10.2 Å². The van der Waals surface area contributed by atoms with E-state index in [1.807, 2.05) is 48.5 Å². The zero-order valence-electron chi connectivity index (χ0n) is 9.76. The van der Waals surface area contributed by atoms with Gasteiger partial charge in [0.25, 0.3) is 0 Å². The van der Waals surface area contributed by atoms with Crippen LogP contribution in [0.1, 0.15) is 0 Å². The van der Waals surface area contributed by atoms with Gasteiger partial charge >= 0.3 is 5.55 Å².